The molecule has 5 fully saturated rings. The lowest BCUT2D eigenvalue weighted by atomic mass is 9.32. The monoisotopic (exact) mass is 482 g/mol. The molecule has 5 aliphatic rings. The molecular weight excluding hydrogens is 428 g/mol. The molecule has 198 valence electrons. The van der Waals surface area contributed by atoms with Crippen LogP contribution in [0.15, 0.2) is 12.2 Å². The van der Waals surface area contributed by atoms with Crippen LogP contribution in [0.2, 0.25) is 0 Å². The lowest BCUT2D eigenvalue weighted by Crippen LogP contribution is -2.66. The van der Waals surface area contributed by atoms with Crippen molar-refractivity contribution in [3.05, 3.63) is 12.2 Å². The molecule has 5 rings (SSSR count). The molecule has 0 bridgehead atoms. The third kappa shape index (κ3) is 3.35. The van der Waals surface area contributed by atoms with Gasteiger partial charge in [0.1, 0.15) is 0 Å². The molecule has 5 saturated carbocycles. The lowest BCUT2D eigenvalue weighted by molar-refractivity contribution is -0.244. The molecule has 1 unspecified atom stereocenters. The molecule has 35 heavy (non-hydrogen) atoms. The zero-order valence-electron chi connectivity index (χ0n) is 24.3. The lowest BCUT2D eigenvalue weighted by Gasteiger charge is -2.73. The molecule has 2 nitrogen and oxygen atoms in total. The Labute approximate surface area is 216 Å². The maximum Gasteiger partial charge on any atom is 0.302 e. The smallest absolute Gasteiger partial charge is 0.302 e. The van der Waals surface area contributed by atoms with E-state index in [1.807, 2.05) is 0 Å². The third-order valence-electron chi connectivity index (χ3n) is 14.4. The summed E-state index contributed by atoms with van der Waals surface area (Å²) in [4.78, 5) is 11.9. The maximum absolute atomic E-state index is 11.9. The van der Waals surface area contributed by atoms with E-state index in [2.05, 4.69) is 55.0 Å². The molecule has 0 N–H and O–H groups in total. The predicted octanol–water partition coefficient (Wildman–Crippen LogP) is 8.84. The molecule has 0 saturated heterocycles. The topological polar surface area (TPSA) is 26.3 Å². The highest BCUT2D eigenvalue weighted by Gasteiger charge is 2.70. The minimum absolute atomic E-state index is 0.110. The van der Waals surface area contributed by atoms with Crippen molar-refractivity contribution >= 4 is 5.97 Å². The van der Waals surface area contributed by atoms with Crippen molar-refractivity contribution in [2.75, 3.05) is 6.61 Å². The van der Waals surface area contributed by atoms with E-state index in [1.165, 1.54) is 69.8 Å². The van der Waals surface area contributed by atoms with Crippen LogP contribution in [0.4, 0.5) is 0 Å². The van der Waals surface area contributed by atoms with Crippen LogP contribution < -0.4 is 0 Å². The van der Waals surface area contributed by atoms with Crippen LogP contribution in [-0.4, -0.2) is 12.6 Å². The van der Waals surface area contributed by atoms with Gasteiger partial charge >= 0.3 is 5.97 Å². The number of hydrogen-bond donors (Lipinski definition) is 0. The Kier molecular flexibility index (Phi) is 5.98. The highest BCUT2D eigenvalue weighted by molar-refractivity contribution is 5.65. The van der Waals surface area contributed by atoms with Crippen molar-refractivity contribution in [1.29, 1.82) is 0 Å². The molecule has 0 aromatic carbocycles. The second-order valence-corrected chi connectivity index (χ2v) is 15.6. The Hall–Kier alpha value is -0.790. The van der Waals surface area contributed by atoms with E-state index in [4.69, 9.17) is 4.74 Å². The second-order valence-electron chi connectivity index (χ2n) is 15.6. The molecule has 0 aliphatic heterocycles. The van der Waals surface area contributed by atoms with Gasteiger partial charge in [-0.25, -0.2) is 0 Å². The Morgan fingerprint density at radius 2 is 1.54 bits per heavy atom. The highest BCUT2D eigenvalue weighted by Crippen LogP contribution is 2.77. The Morgan fingerprint density at radius 1 is 0.829 bits per heavy atom. The summed E-state index contributed by atoms with van der Waals surface area (Å²) >= 11 is 0. The number of hydrogen-bond acceptors (Lipinski definition) is 2. The number of allylic oxidation sites excluding steroid dienone is 1. The van der Waals surface area contributed by atoms with Gasteiger partial charge in [0, 0.05) is 12.3 Å². The third-order valence-corrected chi connectivity index (χ3v) is 14.4. The Morgan fingerprint density at radius 3 is 2.20 bits per heavy atom. The minimum Gasteiger partial charge on any atom is -0.465 e. The largest absolute Gasteiger partial charge is 0.465 e. The number of esters is 1. The van der Waals surface area contributed by atoms with E-state index < -0.39 is 0 Å². The molecule has 0 aromatic heterocycles. The number of carbonyl (C=O) groups is 1. The summed E-state index contributed by atoms with van der Waals surface area (Å²) in [5.74, 6) is 4.38. The molecule has 0 radical (unpaired) electrons. The number of carbonyl (C=O) groups excluding carboxylic acids is 1. The average molecular weight is 483 g/mol. The number of rotatable bonds is 3. The first-order valence-corrected chi connectivity index (χ1v) is 15.0. The van der Waals surface area contributed by atoms with Crippen LogP contribution >= 0.6 is 0 Å². The first-order chi connectivity index (χ1) is 16.2. The van der Waals surface area contributed by atoms with Gasteiger partial charge in [0.15, 0.2) is 0 Å². The summed E-state index contributed by atoms with van der Waals surface area (Å²) in [6, 6.07) is 0. The average Bonchev–Trinajstić information content (AvgIpc) is 3.16. The molecule has 5 aliphatic carbocycles. The standard InChI is InChI=1S/C33H54O2/c1-21(2)24-13-17-33(20-35-23(4)34)19-18-31(8)25(28(24)33)10-11-27-30(7)15-12-22(3)29(5,6)26(30)14-16-32(27,31)9/h22,24-28H,1,10-20H2,2-9H3/t22-,24?,25+,26-,27+,28+,30-,31+,32+,33+/m0/s1. The quantitative estimate of drug-likeness (QED) is 0.296. The molecule has 0 aromatic rings. The molecule has 0 heterocycles. The van der Waals surface area contributed by atoms with E-state index in [0.717, 1.165) is 23.7 Å². The molecule has 10 atom stereocenters. The fourth-order valence-electron chi connectivity index (χ4n) is 12.0. The van der Waals surface area contributed by atoms with Crippen molar-refractivity contribution in [3.63, 3.8) is 0 Å². The van der Waals surface area contributed by atoms with Crippen LogP contribution in [0.25, 0.3) is 0 Å². The summed E-state index contributed by atoms with van der Waals surface area (Å²) in [5.41, 5.74) is 3.26. The summed E-state index contributed by atoms with van der Waals surface area (Å²) in [5, 5.41) is 0. The molecule has 2 heteroatoms. The van der Waals surface area contributed by atoms with E-state index in [-0.39, 0.29) is 11.4 Å². The van der Waals surface area contributed by atoms with Crippen LogP contribution in [0.5, 0.6) is 0 Å². The van der Waals surface area contributed by atoms with Crippen molar-refractivity contribution in [2.45, 2.75) is 120 Å². The highest BCUT2D eigenvalue weighted by atomic mass is 16.5. The van der Waals surface area contributed by atoms with Crippen LogP contribution in [-0.2, 0) is 9.53 Å². The van der Waals surface area contributed by atoms with Crippen molar-refractivity contribution in [3.8, 4) is 0 Å². The normalized spacial score (nSPS) is 52.5. The van der Waals surface area contributed by atoms with Gasteiger partial charge in [0.2, 0.25) is 0 Å². The van der Waals surface area contributed by atoms with E-state index in [0.29, 0.717) is 40.1 Å². The van der Waals surface area contributed by atoms with Gasteiger partial charge in [0.05, 0.1) is 6.61 Å². The fourth-order valence-corrected chi connectivity index (χ4v) is 12.0. The summed E-state index contributed by atoms with van der Waals surface area (Å²) in [6.07, 6.45) is 13.4. The second kappa shape index (κ2) is 8.10. The number of fused-ring (bicyclic) bond motifs is 7. The zero-order valence-corrected chi connectivity index (χ0v) is 24.3. The predicted molar refractivity (Wildman–Crippen MR) is 145 cm³/mol. The van der Waals surface area contributed by atoms with Crippen LogP contribution in [0.3, 0.4) is 0 Å². The van der Waals surface area contributed by atoms with Crippen molar-refractivity contribution < 1.29 is 9.53 Å². The molecule has 0 amide bonds. The summed E-state index contributed by atoms with van der Waals surface area (Å²) in [7, 11) is 0. The van der Waals surface area contributed by atoms with E-state index in [9.17, 15) is 4.79 Å². The van der Waals surface area contributed by atoms with Crippen LogP contribution in [0, 0.1) is 62.6 Å². The van der Waals surface area contributed by atoms with Crippen LogP contribution in [0.1, 0.15) is 120 Å². The fraction of sp³-hybridized carbons (Fsp3) is 0.909. The van der Waals surface area contributed by atoms with Crippen molar-refractivity contribution in [1.82, 2.24) is 0 Å². The first kappa shape index (κ1) is 25.8. The van der Waals surface area contributed by atoms with Gasteiger partial charge in [-0.05, 0) is 128 Å². The molecule has 0 spiro atoms. The maximum atomic E-state index is 11.9. The van der Waals surface area contributed by atoms with Gasteiger partial charge in [0.25, 0.3) is 0 Å². The van der Waals surface area contributed by atoms with E-state index >= 15 is 0 Å². The number of ether oxygens (including phenoxy) is 1. The van der Waals surface area contributed by atoms with Gasteiger partial charge in [-0.15, -0.1) is 0 Å². The van der Waals surface area contributed by atoms with Gasteiger partial charge in [-0.1, -0.05) is 53.7 Å². The van der Waals surface area contributed by atoms with Gasteiger partial charge in [-0.2, -0.15) is 0 Å². The Balaban J connectivity index is 1.53. The zero-order chi connectivity index (χ0) is 25.6. The van der Waals surface area contributed by atoms with Gasteiger partial charge < -0.3 is 4.74 Å². The summed E-state index contributed by atoms with van der Waals surface area (Å²) < 4.78 is 5.81. The summed E-state index contributed by atoms with van der Waals surface area (Å²) in [6.45, 7) is 24.9. The Bertz CT molecular complexity index is 888. The van der Waals surface area contributed by atoms with Gasteiger partial charge in [-0.3, -0.25) is 4.79 Å². The SMILES string of the molecule is C=C(C)C1CC[C@]2(COC(C)=O)CC[C@]3(C)[C@H](CC[C@@H]4[C@@]5(C)CC[C@H](C)C(C)(C)[C@@H]5CC[C@]43C)[C@@H]12. The minimum atomic E-state index is -0.110. The molecular formula is C33H54O2. The van der Waals surface area contributed by atoms with Crippen molar-refractivity contribution in [2.24, 2.45) is 62.6 Å². The first-order valence-electron chi connectivity index (χ1n) is 15.0. The van der Waals surface area contributed by atoms with E-state index in [1.54, 1.807) is 6.92 Å².